The van der Waals surface area contributed by atoms with E-state index in [0.717, 1.165) is 11.8 Å². The molecule has 4 rings (SSSR count). The lowest BCUT2D eigenvalue weighted by atomic mass is 10.2. The first-order valence-corrected chi connectivity index (χ1v) is 9.19. The Labute approximate surface area is 143 Å². The minimum Gasteiger partial charge on any atom is -0.454 e. The molecule has 0 bridgehead atoms. The number of aromatic nitrogens is 2. The van der Waals surface area contributed by atoms with Crippen LogP contribution in [0.5, 0.6) is 11.5 Å². The van der Waals surface area contributed by atoms with Crippen LogP contribution in [-0.2, 0) is 10.0 Å². The average Bonchev–Trinajstić information content (AvgIpc) is 3.22. The molecule has 128 valence electrons. The van der Waals surface area contributed by atoms with E-state index in [0.29, 0.717) is 34.5 Å². The van der Waals surface area contributed by atoms with Gasteiger partial charge in [-0.05, 0) is 42.5 Å². The molecule has 0 saturated carbocycles. The second-order valence-corrected chi connectivity index (χ2v) is 7.19. The Morgan fingerprint density at radius 3 is 2.48 bits per heavy atom. The SMILES string of the molecule is CS(=O)(=O)Nc1ccc(-c2noc(-c3ccc4c(c3)OCO4)n2)cc1. The van der Waals surface area contributed by atoms with Gasteiger partial charge in [-0.1, -0.05) is 5.16 Å². The standard InChI is InChI=1S/C16H13N3O5S/c1-25(20,21)19-12-5-2-10(3-6-12)15-17-16(24-18-15)11-4-7-13-14(8-11)23-9-22-13/h2-8,19H,9H2,1H3. The second kappa shape index (κ2) is 5.78. The number of rotatable bonds is 4. The highest BCUT2D eigenvalue weighted by Crippen LogP contribution is 2.35. The molecule has 9 heteroatoms. The summed E-state index contributed by atoms with van der Waals surface area (Å²) >= 11 is 0. The van der Waals surface area contributed by atoms with Crippen LogP contribution in [0.25, 0.3) is 22.8 Å². The molecule has 0 atom stereocenters. The van der Waals surface area contributed by atoms with Crippen LogP contribution in [0.3, 0.4) is 0 Å². The lowest BCUT2D eigenvalue weighted by Gasteiger charge is -2.03. The molecular formula is C16H13N3O5S. The predicted octanol–water partition coefficient (Wildman–Crippen LogP) is 2.50. The summed E-state index contributed by atoms with van der Waals surface area (Å²) in [5.41, 5.74) is 1.89. The molecule has 1 aliphatic heterocycles. The van der Waals surface area contributed by atoms with Crippen molar-refractivity contribution >= 4 is 15.7 Å². The number of hydrogen-bond donors (Lipinski definition) is 1. The molecule has 0 fully saturated rings. The Kier molecular flexibility index (Phi) is 3.57. The summed E-state index contributed by atoms with van der Waals surface area (Å²) in [5.74, 6) is 2.07. The Morgan fingerprint density at radius 2 is 1.72 bits per heavy atom. The Hall–Kier alpha value is -3.07. The van der Waals surface area contributed by atoms with Gasteiger partial charge in [0.05, 0.1) is 6.26 Å². The zero-order chi connectivity index (χ0) is 17.4. The van der Waals surface area contributed by atoms with Gasteiger partial charge in [-0.3, -0.25) is 4.72 Å². The van der Waals surface area contributed by atoms with Crippen molar-refractivity contribution in [2.75, 3.05) is 17.8 Å². The van der Waals surface area contributed by atoms with Gasteiger partial charge in [-0.25, -0.2) is 8.42 Å². The Bertz CT molecular complexity index is 1030. The van der Waals surface area contributed by atoms with Crippen LogP contribution in [0.2, 0.25) is 0 Å². The smallest absolute Gasteiger partial charge is 0.258 e. The van der Waals surface area contributed by atoms with Gasteiger partial charge in [0.2, 0.25) is 22.6 Å². The van der Waals surface area contributed by atoms with E-state index in [1.165, 1.54) is 0 Å². The van der Waals surface area contributed by atoms with Crippen molar-refractivity contribution in [3.05, 3.63) is 42.5 Å². The molecule has 0 aliphatic carbocycles. The van der Waals surface area contributed by atoms with Crippen LogP contribution in [0, 0.1) is 0 Å². The highest BCUT2D eigenvalue weighted by Gasteiger charge is 2.17. The van der Waals surface area contributed by atoms with Crippen LogP contribution in [-0.4, -0.2) is 31.6 Å². The molecule has 2 aromatic carbocycles. The van der Waals surface area contributed by atoms with E-state index in [-0.39, 0.29) is 6.79 Å². The molecule has 3 aromatic rings. The van der Waals surface area contributed by atoms with Crippen molar-refractivity contribution in [1.29, 1.82) is 0 Å². The third kappa shape index (κ3) is 3.26. The number of ether oxygens (including phenoxy) is 2. The van der Waals surface area contributed by atoms with Crippen LogP contribution in [0.1, 0.15) is 0 Å². The highest BCUT2D eigenvalue weighted by molar-refractivity contribution is 7.92. The van der Waals surface area contributed by atoms with Gasteiger partial charge in [0.1, 0.15) is 0 Å². The first-order valence-electron chi connectivity index (χ1n) is 7.30. The fourth-order valence-electron chi connectivity index (χ4n) is 2.39. The number of sulfonamides is 1. The summed E-state index contributed by atoms with van der Waals surface area (Å²) < 4.78 is 40.8. The largest absolute Gasteiger partial charge is 0.454 e. The lowest BCUT2D eigenvalue weighted by molar-refractivity contribution is 0.174. The van der Waals surface area contributed by atoms with Gasteiger partial charge in [0, 0.05) is 16.8 Å². The van der Waals surface area contributed by atoms with Crippen molar-refractivity contribution < 1.29 is 22.4 Å². The van der Waals surface area contributed by atoms with Crippen molar-refractivity contribution in [1.82, 2.24) is 10.1 Å². The fourth-order valence-corrected chi connectivity index (χ4v) is 2.95. The summed E-state index contributed by atoms with van der Waals surface area (Å²) in [6, 6.07) is 12.1. The van der Waals surface area contributed by atoms with Gasteiger partial charge in [-0.15, -0.1) is 0 Å². The van der Waals surface area contributed by atoms with Crippen molar-refractivity contribution in [3.63, 3.8) is 0 Å². The maximum atomic E-state index is 11.2. The number of nitrogens with zero attached hydrogens (tertiary/aromatic N) is 2. The normalized spacial score (nSPS) is 13.0. The maximum absolute atomic E-state index is 11.2. The van der Waals surface area contributed by atoms with E-state index >= 15 is 0 Å². The average molecular weight is 359 g/mol. The van der Waals surface area contributed by atoms with Crippen molar-refractivity contribution in [2.24, 2.45) is 0 Å². The van der Waals surface area contributed by atoms with Crippen molar-refractivity contribution in [3.8, 4) is 34.3 Å². The van der Waals surface area contributed by atoms with E-state index in [9.17, 15) is 8.42 Å². The van der Waals surface area contributed by atoms with E-state index in [1.807, 2.05) is 6.07 Å². The molecule has 0 saturated heterocycles. The van der Waals surface area contributed by atoms with E-state index in [1.54, 1.807) is 36.4 Å². The van der Waals surface area contributed by atoms with E-state index in [4.69, 9.17) is 14.0 Å². The molecule has 1 aliphatic rings. The van der Waals surface area contributed by atoms with Crippen LogP contribution < -0.4 is 14.2 Å². The van der Waals surface area contributed by atoms with Crippen molar-refractivity contribution in [2.45, 2.75) is 0 Å². The Balaban J connectivity index is 1.59. The van der Waals surface area contributed by atoms with E-state index in [2.05, 4.69) is 14.9 Å². The maximum Gasteiger partial charge on any atom is 0.258 e. The van der Waals surface area contributed by atoms with Gasteiger partial charge < -0.3 is 14.0 Å². The molecular weight excluding hydrogens is 346 g/mol. The number of anilines is 1. The number of benzene rings is 2. The van der Waals surface area contributed by atoms with E-state index < -0.39 is 10.0 Å². The summed E-state index contributed by atoms with van der Waals surface area (Å²) in [7, 11) is -3.31. The molecule has 0 amide bonds. The first-order chi connectivity index (χ1) is 12.0. The van der Waals surface area contributed by atoms with Gasteiger partial charge in [0.15, 0.2) is 11.5 Å². The topological polar surface area (TPSA) is 104 Å². The molecule has 8 nitrogen and oxygen atoms in total. The Morgan fingerprint density at radius 1 is 1.00 bits per heavy atom. The second-order valence-electron chi connectivity index (χ2n) is 5.44. The van der Waals surface area contributed by atoms with Gasteiger partial charge >= 0.3 is 0 Å². The monoisotopic (exact) mass is 359 g/mol. The first kappa shape index (κ1) is 15.5. The molecule has 2 heterocycles. The summed E-state index contributed by atoms with van der Waals surface area (Å²) in [5, 5.41) is 3.96. The third-order valence-electron chi connectivity index (χ3n) is 3.49. The van der Waals surface area contributed by atoms with Crippen LogP contribution in [0.15, 0.2) is 47.0 Å². The van der Waals surface area contributed by atoms with Gasteiger partial charge in [-0.2, -0.15) is 4.98 Å². The summed E-state index contributed by atoms with van der Waals surface area (Å²) in [6.07, 6.45) is 1.09. The minimum absolute atomic E-state index is 0.196. The van der Waals surface area contributed by atoms with Crippen LogP contribution in [0.4, 0.5) is 5.69 Å². The lowest BCUT2D eigenvalue weighted by Crippen LogP contribution is -2.09. The molecule has 0 spiro atoms. The number of fused-ring (bicyclic) bond motifs is 1. The fraction of sp³-hybridized carbons (Fsp3) is 0.125. The molecule has 25 heavy (non-hydrogen) atoms. The minimum atomic E-state index is -3.31. The molecule has 0 radical (unpaired) electrons. The zero-order valence-corrected chi connectivity index (χ0v) is 13.9. The number of nitrogens with one attached hydrogen (secondary N) is 1. The highest BCUT2D eigenvalue weighted by atomic mass is 32.2. The van der Waals surface area contributed by atoms with Gasteiger partial charge in [0.25, 0.3) is 5.89 Å². The molecule has 1 N–H and O–H groups in total. The third-order valence-corrected chi connectivity index (χ3v) is 4.10. The van der Waals surface area contributed by atoms with Crippen LogP contribution >= 0.6 is 0 Å². The number of hydrogen-bond acceptors (Lipinski definition) is 7. The summed E-state index contributed by atoms with van der Waals surface area (Å²) in [4.78, 5) is 4.37. The molecule has 1 aromatic heterocycles. The zero-order valence-electron chi connectivity index (χ0n) is 13.1. The predicted molar refractivity (Wildman–Crippen MR) is 89.8 cm³/mol. The molecule has 0 unspecified atom stereocenters. The summed E-state index contributed by atoms with van der Waals surface area (Å²) in [6.45, 7) is 0.196. The quantitative estimate of drug-likeness (QED) is 0.763.